The molecule has 0 aromatic heterocycles. The van der Waals surface area contributed by atoms with Gasteiger partial charge in [0.25, 0.3) is 5.91 Å². The van der Waals surface area contributed by atoms with Gasteiger partial charge in [-0.25, -0.2) is 0 Å². The van der Waals surface area contributed by atoms with Gasteiger partial charge in [-0.3, -0.25) is 4.79 Å². The molecule has 1 amide bonds. The van der Waals surface area contributed by atoms with E-state index in [1.54, 1.807) is 24.3 Å². The molecular weight excluding hydrogens is 262 g/mol. The summed E-state index contributed by atoms with van der Waals surface area (Å²) in [6.45, 7) is 6.93. The molecule has 1 aromatic carbocycles. The lowest BCUT2D eigenvalue weighted by atomic mass is 9.98. The van der Waals surface area contributed by atoms with Crippen LogP contribution in [-0.4, -0.2) is 36.5 Å². The Balaban J connectivity index is 2.12. The van der Waals surface area contributed by atoms with E-state index in [4.69, 9.17) is 5.26 Å². The van der Waals surface area contributed by atoms with Gasteiger partial charge in [0.1, 0.15) is 0 Å². The monoisotopic (exact) mass is 285 g/mol. The molecule has 0 radical (unpaired) electrons. The largest absolute Gasteiger partial charge is 0.336 e. The van der Waals surface area contributed by atoms with Crippen molar-refractivity contribution in [2.45, 2.75) is 32.7 Å². The van der Waals surface area contributed by atoms with Crippen molar-refractivity contribution in [2.75, 3.05) is 19.6 Å². The first-order valence-corrected chi connectivity index (χ1v) is 7.63. The molecule has 1 aliphatic heterocycles. The fraction of sp³-hybridized carbons (Fsp3) is 0.529. The molecule has 1 heterocycles. The van der Waals surface area contributed by atoms with Gasteiger partial charge in [-0.15, -0.1) is 0 Å². The van der Waals surface area contributed by atoms with E-state index in [0.29, 0.717) is 17.0 Å². The zero-order valence-electron chi connectivity index (χ0n) is 12.8. The summed E-state index contributed by atoms with van der Waals surface area (Å²) in [4.78, 5) is 14.6. The molecule has 1 aromatic rings. The highest BCUT2D eigenvalue weighted by Crippen LogP contribution is 2.17. The van der Waals surface area contributed by atoms with Gasteiger partial charge in [-0.2, -0.15) is 5.26 Å². The number of rotatable bonds is 4. The maximum atomic E-state index is 12.7. The molecule has 1 atom stereocenters. The van der Waals surface area contributed by atoms with E-state index in [0.717, 1.165) is 19.6 Å². The molecule has 1 unspecified atom stereocenters. The second kappa shape index (κ2) is 7.24. The quantitative estimate of drug-likeness (QED) is 0.924. The fourth-order valence-electron chi connectivity index (χ4n) is 2.77. The second-order valence-electron chi connectivity index (χ2n) is 5.96. The molecule has 0 spiro atoms. The van der Waals surface area contributed by atoms with Gasteiger partial charge in [0.15, 0.2) is 0 Å². The van der Waals surface area contributed by atoms with Crippen LogP contribution in [0.5, 0.6) is 0 Å². The smallest absolute Gasteiger partial charge is 0.254 e. The van der Waals surface area contributed by atoms with Gasteiger partial charge in [-0.05, 0) is 63.9 Å². The SMILES string of the molecule is CC(C)N(CC1CCCNC1)C(=O)c1cccc(C#N)c1. The standard InChI is InChI=1S/C17H23N3O/c1-13(2)20(12-15-6-4-8-19-11-15)17(21)16-7-3-5-14(9-16)10-18/h3,5,7,9,13,15,19H,4,6,8,11-12H2,1-2H3. The summed E-state index contributed by atoms with van der Waals surface area (Å²) in [5, 5.41) is 12.4. The summed E-state index contributed by atoms with van der Waals surface area (Å²) in [6.07, 6.45) is 2.34. The molecule has 0 aliphatic carbocycles. The van der Waals surface area contributed by atoms with E-state index in [-0.39, 0.29) is 11.9 Å². The minimum absolute atomic E-state index is 0.0210. The highest BCUT2D eigenvalue weighted by Gasteiger charge is 2.23. The Morgan fingerprint density at radius 3 is 2.95 bits per heavy atom. The lowest BCUT2D eigenvalue weighted by molar-refractivity contribution is 0.0661. The lowest BCUT2D eigenvalue weighted by Crippen LogP contribution is -2.44. The molecule has 4 nitrogen and oxygen atoms in total. The second-order valence-corrected chi connectivity index (χ2v) is 5.96. The molecule has 0 bridgehead atoms. The van der Waals surface area contributed by atoms with Gasteiger partial charge >= 0.3 is 0 Å². The average Bonchev–Trinajstić information content (AvgIpc) is 2.52. The van der Waals surface area contributed by atoms with Crippen LogP contribution in [0.15, 0.2) is 24.3 Å². The predicted molar refractivity (Wildman–Crippen MR) is 82.9 cm³/mol. The number of amides is 1. The third-order valence-electron chi connectivity index (χ3n) is 3.98. The predicted octanol–water partition coefficient (Wildman–Crippen LogP) is 2.41. The van der Waals surface area contributed by atoms with Crippen LogP contribution < -0.4 is 5.32 Å². The van der Waals surface area contributed by atoms with Crippen molar-refractivity contribution in [3.63, 3.8) is 0 Å². The van der Waals surface area contributed by atoms with Gasteiger partial charge in [0, 0.05) is 18.2 Å². The number of hydrogen-bond acceptors (Lipinski definition) is 3. The Hall–Kier alpha value is -1.86. The normalized spacial score (nSPS) is 18.3. The van der Waals surface area contributed by atoms with Crippen LogP contribution in [0.25, 0.3) is 0 Å². The Morgan fingerprint density at radius 1 is 1.52 bits per heavy atom. The van der Waals surface area contributed by atoms with Crippen molar-refractivity contribution in [1.29, 1.82) is 5.26 Å². The fourth-order valence-corrected chi connectivity index (χ4v) is 2.77. The third kappa shape index (κ3) is 4.05. The average molecular weight is 285 g/mol. The number of piperidine rings is 1. The Kier molecular flexibility index (Phi) is 5.35. The van der Waals surface area contributed by atoms with Crippen molar-refractivity contribution < 1.29 is 4.79 Å². The highest BCUT2D eigenvalue weighted by atomic mass is 16.2. The van der Waals surface area contributed by atoms with E-state index in [9.17, 15) is 4.79 Å². The van der Waals surface area contributed by atoms with Crippen molar-refractivity contribution in [3.05, 3.63) is 35.4 Å². The van der Waals surface area contributed by atoms with Crippen LogP contribution in [0, 0.1) is 17.2 Å². The van der Waals surface area contributed by atoms with Gasteiger partial charge in [0.05, 0.1) is 11.6 Å². The number of nitriles is 1. The summed E-state index contributed by atoms with van der Waals surface area (Å²) in [5.41, 5.74) is 1.13. The first-order chi connectivity index (χ1) is 10.1. The molecule has 0 saturated carbocycles. The third-order valence-corrected chi connectivity index (χ3v) is 3.98. The van der Waals surface area contributed by atoms with Gasteiger partial charge in [0.2, 0.25) is 0 Å². The molecule has 21 heavy (non-hydrogen) atoms. The van der Waals surface area contributed by atoms with Crippen molar-refractivity contribution >= 4 is 5.91 Å². The van der Waals surface area contributed by atoms with Crippen LogP contribution in [0.2, 0.25) is 0 Å². The van der Waals surface area contributed by atoms with Gasteiger partial charge in [-0.1, -0.05) is 6.07 Å². The van der Waals surface area contributed by atoms with Crippen molar-refractivity contribution in [1.82, 2.24) is 10.2 Å². The van der Waals surface area contributed by atoms with Gasteiger partial charge < -0.3 is 10.2 Å². The van der Waals surface area contributed by atoms with E-state index in [1.165, 1.54) is 12.8 Å². The Labute approximate surface area is 126 Å². The lowest BCUT2D eigenvalue weighted by Gasteiger charge is -2.33. The number of hydrogen-bond donors (Lipinski definition) is 1. The first-order valence-electron chi connectivity index (χ1n) is 7.63. The summed E-state index contributed by atoms with van der Waals surface area (Å²) >= 11 is 0. The Morgan fingerprint density at radius 2 is 2.33 bits per heavy atom. The van der Waals surface area contributed by atoms with Crippen LogP contribution in [0.3, 0.4) is 0 Å². The number of nitrogens with one attached hydrogen (secondary N) is 1. The molecule has 1 N–H and O–H groups in total. The molecular formula is C17H23N3O. The first kappa shape index (κ1) is 15.5. The summed E-state index contributed by atoms with van der Waals surface area (Å²) < 4.78 is 0. The van der Waals surface area contributed by atoms with Crippen molar-refractivity contribution in [2.24, 2.45) is 5.92 Å². The summed E-state index contributed by atoms with van der Waals surface area (Å²) in [7, 11) is 0. The summed E-state index contributed by atoms with van der Waals surface area (Å²) in [5.74, 6) is 0.539. The highest BCUT2D eigenvalue weighted by molar-refractivity contribution is 5.94. The van der Waals surface area contributed by atoms with E-state index in [1.807, 2.05) is 18.7 Å². The number of benzene rings is 1. The van der Waals surface area contributed by atoms with E-state index >= 15 is 0 Å². The van der Waals surface area contributed by atoms with Crippen LogP contribution in [0.4, 0.5) is 0 Å². The molecule has 4 heteroatoms. The molecule has 1 saturated heterocycles. The zero-order valence-corrected chi connectivity index (χ0v) is 12.8. The van der Waals surface area contributed by atoms with E-state index < -0.39 is 0 Å². The summed E-state index contributed by atoms with van der Waals surface area (Å²) in [6, 6.07) is 9.21. The minimum Gasteiger partial charge on any atom is -0.336 e. The van der Waals surface area contributed by atoms with Crippen LogP contribution in [0.1, 0.15) is 42.6 Å². The molecule has 2 rings (SSSR count). The number of carbonyl (C=O) groups excluding carboxylic acids is 1. The van der Waals surface area contributed by atoms with Crippen LogP contribution in [-0.2, 0) is 0 Å². The number of carbonyl (C=O) groups is 1. The molecule has 1 fully saturated rings. The maximum absolute atomic E-state index is 12.7. The molecule has 1 aliphatic rings. The van der Waals surface area contributed by atoms with E-state index in [2.05, 4.69) is 11.4 Å². The zero-order chi connectivity index (χ0) is 15.2. The Bertz CT molecular complexity index is 527. The topological polar surface area (TPSA) is 56.1 Å². The van der Waals surface area contributed by atoms with Crippen LogP contribution >= 0.6 is 0 Å². The minimum atomic E-state index is 0.0210. The maximum Gasteiger partial charge on any atom is 0.254 e. The van der Waals surface area contributed by atoms with Crippen molar-refractivity contribution in [3.8, 4) is 6.07 Å². The molecule has 112 valence electrons. The number of nitrogens with zero attached hydrogens (tertiary/aromatic N) is 2.